The molecule has 1 atom stereocenters. The van der Waals surface area contributed by atoms with Crippen LogP contribution in [0.25, 0.3) is 11.0 Å². The Bertz CT molecular complexity index is 1560. The zero-order valence-corrected chi connectivity index (χ0v) is 24.6. The van der Waals surface area contributed by atoms with E-state index in [2.05, 4.69) is 24.8 Å². The smallest absolute Gasteiger partial charge is 0.335 e. The molecule has 0 amide bonds. The van der Waals surface area contributed by atoms with Crippen LogP contribution in [0.2, 0.25) is 5.02 Å². The van der Waals surface area contributed by atoms with Gasteiger partial charge >= 0.3 is 5.97 Å². The molecular formula is C29H32ClFN6O4S. The van der Waals surface area contributed by atoms with Gasteiger partial charge in [0.15, 0.2) is 17.4 Å². The maximum absolute atomic E-state index is 14.0. The Balaban J connectivity index is 0.00000353. The van der Waals surface area contributed by atoms with Gasteiger partial charge in [0, 0.05) is 37.0 Å². The molecule has 0 aliphatic carbocycles. The average Bonchev–Trinajstić information content (AvgIpc) is 3.27. The van der Waals surface area contributed by atoms with Gasteiger partial charge in [0.05, 0.1) is 35.8 Å². The topological polar surface area (TPSA) is 115 Å². The quantitative estimate of drug-likeness (QED) is 0.258. The molecule has 2 saturated heterocycles. The molecule has 0 radical (unpaired) electrons. The molecule has 4 heterocycles. The van der Waals surface area contributed by atoms with Crippen LogP contribution < -0.4 is 10.1 Å². The first kappa shape index (κ1) is 30.0. The molecule has 4 aromatic rings. The summed E-state index contributed by atoms with van der Waals surface area (Å²) in [5.74, 6) is 0.680. The summed E-state index contributed by atoms with van der Waals surface area (Å²) in [6.07, 6.45) is 4.61. The average molecular weight is 615 g/mol. The van der Waals surface area contributed by atoms with E-state index in [1.165, 1.54) is 12.1 Å². The van der Waals surface area contributed by atoms with Crippen LogP contribution in [0.15, 0.2) is 48.7 Å². The first-order valence-corrected chi connectivity index (χ1v) is 14.0. The number of nitrogens with one attached hydrogen (secondary N) is 1. The van der Waals surface area contributed by atoms with Gasteiger partial charge < -0.3 is 24.5 Å². The first-order chi connectivity index (χ1) is 19.9. The number of carboxylic acid groups (broad SMARTS) is 1. The number of carboxylic acids is 1. The number of aromatic carboxylic acids is 1. The molecule has 222 valence electrons. The monoisotopic (exact) mass is 614 g/mol. The summed E-state index contributed by atoms with van der Waals surface area (Å²) in [5, 5.41) is 13.3. The van der Waals surface area contributed by atoms with Crippen molar-refractivity contribution >= 4 is 47.9 Å². The number of ether oxygens (including phenoxy) is 2. The van der Waals surface area contributed by atoms with Crippen molar-refractivity contribution in [1.29, 1.82) is 0 Å². The van der Waals surface area contributed by atoms with Crippen molar-refractivity contribution in [3.8, 4) is 5.75 Å². The van der Waals surface area contributed by atoms with E-state index in [0.717, 1.165) is 55.8 Å². The van der Waals surface area contributed by atoms with Gasteiger partial charge in [0.2, 0.25) is 0 Å². The summed E-state index contributed by atoms with van der Waals surface area (Å²) in [5.41, 5.74) is 1.88. The minimum Gasteiger partial charge on any atom is -0.483 e. The molecule has 10 nitrogen and oxygen atoms in total. The van der Waals surface area contributed by atoms with Gasteiger partial charge in [-0.3, -0.25) is 4.90 Å². The van der Waals surface area contributed by atoms with Crippen LogP contribution in [0.1, 0.15) is 41.3 Å². The predicted octanol–water partition coefficient (Wildman–Crippen LogP) is 4.87. The van der Waals surface area contributed by atoms with Crippen LogP contribution in [-0.4, -0.2) is 67.3 Å². The first-order valence-electron chi connectivity index (χ1n) is 13.6. The number of carbonyl (C=O) groups is 1. The van der Waals surface area contributed by atoms with Crippen LogP contribution >= 0.6 is 25.1 Å². The van der Waals surface area contributed by atoms with Gasteiger partial charge in [0.25, 0.3) is 0 Å². The summed E-state index contributed by atoms with van der Waals surface area (Å²) >= 11 is 5.80. The number of likely N-dealkylation sites (tertiary alicyclic amines) is 1. The van der Waals surface area contributed by atoms with E-state index in [1.807, 2.05) is 6.07 Å². The highest BCUT2D eigenvalue weighted by Gasteiger charge is 2.25. The highest BCUT2D eigenvalue weighted by molar-refractivity contribution is 7.59. The molecule has 2 N–H and O–H groups in total. The maximum atomic E-state index is 14.0. The summed E-state index contributed by atoms with van der Waals surface area (Å²) < 4.78 is 27.3. The molecule has 6 rings (SSSR count). The summed E-state index contributed by atoms with van der Waals surface area (Å²) in [6, 6.07) is 11.4. The molecule has 2 aromatic heterocycles. The van der Waals surface area contributed by atoms with Crippen molar-refractivity contribution in [1.82, 2.24) is 24.4 Å². The molecule has 2 aliphatic rings. The molecule has 42 heavy (non-hydrogen) atoms. The fourth-order valence-electron chi connectivity index (χ4n) is 5.19. The Hall–Kier alpha value is -3.45. The van der Waals surface area contributed by atoms with E-state index in [9.17, 15) is 14.3 Å². The molecule has 0 bridgehead atoms. The number of hydrogen-bond donors (Lipinski definition) is 2. The van der Waals surface area contributed by atoms with Crippen molar-refractivity contribution in [2.75, 3.05) is 25.0 Å². The molecule has 0 saturated carbocycles. The highest BCUT2D eigenvalue weighted by Crippen LogP contribution is 2.25. The zero-order chi connectivity index (χ0) is 28.3. The van der Waals surface area contributed by atoms with Gasteiger partial charge in [0.1, 0.15) is 18.2 Å². The van der Waals surface area contributed by atoms with Gasteiger partial charge in [-0.2, -0.15) is 13.5 Å². The van der Waals surface area contributed by atoms with E-state index in [0.29, 0.717) is 29.8 Å². The van der Waals surface area contributed by atoms with Crippen molar-refractivity contribution in [3.63, 3.8) is 0 Å². The molecule has 13 heteroatoms. The fraction of sp³-hybridized carbons (Fsp3) is 0.379. The highest BCUT2D eigenvalue weighted by atomic mass is 35.5. The van der Waals surface area contributed by atoms with Crippen LogP contribution in [-0.2, 0) is 24.4 Å². The number of imidazole rings is 1. The van der Waals surface area contributed by atoms with E-state index in [1.54, 1.807) is 30.5 Å². The number of nitrogens with zero attached hydrogens (tertiary/aromatic N) is 5. The molecular weight excluding hydrogens is 583 g/mol. The number of anilines is 1. The lowest BCUT2D eigenvalue weighted by Crippen LogP contribution is -2.39. The number of hydrogen-bond acceptors (Lipinski definition) is 8. The van der Waals surface area contributed by atoms with E-state index in [-0.39, 0.29) is 43.6 Å². The minimum absolute atomic E-state index is 0. The second-order valence-corrected chi connectivity index (χ2v) is 10.8. The third kappa shape index (κ3) is 6.95. The van der Waals surface area contributed by atoms with Gasteiger partial charge in [-0.05, 0) is 61.7 Å². The maximum Gasteiger partial charge on any atom is 0.335 e. The lowest BCUT2D eigenvalue weighted by molar-refractivity contribution is -0.0592. The van der Waals surface area contributed by atoms with Crippen molar-refractivity contribution in [3.05, 3.63) is 76.7 Å². The van der Waals surface area contributed by atoms with E-state index >= 15 is 0 Å². The van der Waals surface area contributed by atoms with Crippen molar-refractivity contribution in [2.45, 2.75) is 51.1 Å². The predicted molar refractivity (Wildman–Crippen MR) is 161 cm³/mol. The molecule has 2 aliphatic heterocycles. The van der Waals surface area contributed by atoms with E-state index in [4.69, 9.17) is 26.1 Å². The third-order valence-corrected chi connectivity index (χ3v) is 7.75. The molecule has 0 unspecified atom stereocenters. The van der Waals surface area contributed by atoms with Crippen LogP contribution in [0.5, 0.6) is 5.75 Å². The van der Waals surface area contributed by atoms with Crippen LogP contribution in [0, 0.1) is 5.82 Å². The normalized spacial score (nSPS) is 17.4. The van der Waals surface area contributed by atoms with Crippen LogP contribution in [0.4, 0.5) is 10.2 Å². The lowest BCUT2D eigenvalue weighted by atomic mass is 10.1. The Morgan fingerprint density at radius 2 is 1.95 bits per heavy atom. The molecule has 0 spiro atoms. The third-order valence-electron chi connectivity index (χ3n) is 7.51. The number of benzene rings is 2. The Morgan fingerprint density at radius 1 is 1.14 bits per heavy atom. The van der Waals surface area contributed by atoms with Crippen LogP contribution in [0.3, 0.4) is 0 Å². The van der Waals surface area contributed by atoms with Gasteiger partial charge in [-0.25, -0.2) is 24.1 Å². The number of piperidine rings is 1. The molecule has 2 fully saturated rings. The Kier molecular flexibility index (Phi) is 9.47. The fourth-order valence-corrected chi connectivity index (χ4v) is 5.35. The summed E-state index contributed by atoms with van der Waals surface area (Å²) in [4.78, 5) is 27.6. The number of halogens is 2. The SMILES string of the molecule is O=C(O)c1ccc2nc(CN3CCC(Nc4ccnc(COc5ccc(Cl)cc5F)n4)CC3)n(C[C@@H]3CCO3)c2c1.S. The number of aromatic nitrogens is 4. The van der Waals surface area contributed by atoms with Crippen molar-refractivity contribution < 1.29 is 23.8 Å². The second kappa shape index (κ2) is 13.2. The van der Waals surface area contributed by atoms with Gasteiger partial charge in [-0.15, -0.1) is 0 Å². The lowest BCUT2D eigenvalue weighted by Gasteiger charge is -2.33. The van der Waals surface area contributed by atoms with Crippen molar-refractivity contribution in [2.24, 2.45) is 0 Å². The number of rotatable bonds is 10. The Labute approximate surface area is 254 Å². The van der Waals surface area contributed by atoms with E-state index < -0.39 is 11.8 Å². The molecule has 2 aromatic carbocycles. The zero-order valence-electron chi connectivity index (χ0n) is 22.8. The minimum atomic E-state index is -0.950. The summed E-state index contributed by atoms with van der Waals surface area (Å²) in [6.45, 7) is 3.88. The standard InChI is InChI=1S/C29H30ClFN6O4.H2S/c30-19-2-4-25(22(31)14-19)41-17-27-32-9-5-26(35-27)33-20-6-10-36(11-7-20)16-28-34-23-3-1-18(29(38)39)13-24(23)37(28)15-21-8-12-40-21;/h1-5,9,13-14,20-21H,6-8,10-12,15-17H2,(H,38,39)(H,32,33,35);1H2/t21-;/m0./s1. The largest absolute Gasteiger partial charge is 0.483 e. The summed E-state index contributed by atoms with van der Waals surface area (Å²) in [7, 11) is 0. The number of fused-ring (bicyclic) bond motifs is 1. The Morgan fingerprint density at radius 3 is 2.67 bits per heavy atom. The van der Waals surface area contributed by atoms with Gasteiger partial charge in [-0.1, -0.05) is 11.6 Å². The second-order valence-electron chi connectivity index (χ2n) is 10.3.